The molecule has 1 aliphatic carbocycles. The summed E-state index contributed by atoms with van der Waals surface area (Å²) in [5.41, 5.74) is 3.11. The zero-order chi connectivity index (χ0) is 22.2. The fourth-order valence-corrected chi connectivity index (χ4v) is 4.70. The number of nitrogens with one attached hydrogen (secondary N) is 3. The lowest BCUT2D eigenvalue weighted by molar-refractivity contribution is 0.0931. The fraction of sp³-hybridized carbons (Fsp3) is 0.458. The number of hydrogen-bond donors (Lipinski definition) is 3. The van der Waals surface area contributed by atoms with Gasteiger partial charge < -0.3 is 29.8 Å². The van der Waals surface area contributed by atoms with Crippen LogP contribution in [0, 0.1) is 5.92 Å². The molecule has 2 fully saturated rings. The smallest absolute Gasteiger partial charge is 0.255 e. The van der Waals surface area contributed by atoms with E-state index in [1.54, 1.807) is 6.20 Å². The Labute approximate surface area is 191 Å². The van der Waals surface area contributed by atoms with E-state index in [2.05, 4.69) is 25.6 Å². The fourth-order valence-electron chi connectivity index (χ4n) is 4.70. The molecule has 9 nitrogen and oxygen atoms in total. The predicted octanol–water partition coefficient (Wildman–Crippen LogP) is 3.01. The van der Waals surface area contributed by atoms with Crippen LogP contribution in [0.5, 0.6) is 17.2 Å². The summed E-state index contributed by atoms with van der Waals surface area (Å²) < 4.78 is 17.7. The van der Waals surface area contributed by atoms with E-state index in [1.807, 2.05) is 12.1 Å². The highest BCUT2D eigenvalue weighted by atomic mass is 16.7. The number of fused-ring (bicyclic) bond motifs is 2. The molecule has 1 saturated heterocycles. The van der Waals surface area contributed by atoms with E-state index in [-0.39, 0.29) is 18.7 Å². The molecule has 3 aliphatic rings. The van der Waals surface area contributed by atoms with Crippen LogP contribution in [0.3, 0.4) is 0 Å². The number of ether oxygens (including phenoxy) is 3. The molecule has 6 rings (SSSR count). The SMILES string of the molecule is O=C(NC1CCNCC1)c1c[nH]c2c(-c3c(OCC4CCC4)ccc4c3OCO4)ncnc12. The van der Waals surface area contributed by atoms with Crippen molar-refractivity contribution in [3.05, 3.63) is 30.2 Å². The van der Waals surface area contributed by atoms with E-state index >= 15 is 0 Å². The van der Waals surface area contributed by atoms with Gasteiger partial charge >= 0.3 is 0 Å². The van der Waals surface area contributed by atoms with Gasteiger partial charge in [-0.1, -0.05) is 6.42 Å². The van der Waals surface area contributed by atoms with Crippen LogP contribution in [0.2, 0.25) is 0 Å². The number of piperidine rings is 1. The van der Waals surface area contributed by atoms with E-state index in [4.69, 9.17) is 14.2 Å². The van der Waals surface area contributed by atoms with Gasteiger partial charge in [0, 0.05) is 12.2 Å². The third-order valence-electron chi connectivity index (χ3n) is 6.82. The molecule has 0 radical (unpaired) electrons. The van der Waals surface area contributed by atoms with Crippen LogP contribution in [0.1, 0.15) is 42.5 Å². The number of hydrogen-bond acceptors (Lipinski definition) is 7. The lowest BCUT2D eigenvalue weighted by Gasteiger charge is -2.25. The zero-order valence-electron chi connectivity index (χ0n) is 18.4. The van der Waals surface area contributed by atoms with E-state index in [0.717, 1.165) is 31.5 Å². The van der Waals surface area contributed by atoms with Gasteiger partial charge in [-0.2, -0.15) is 0 Å². The molecule has 0 bridgehead atoms. The van der Waals surface area contributed by atoms with Gasteiger partial charge in [-0.25, -0.2) is 9.97 Å². The number of rotatable bonds is 6. The second-order valence-corrected chi connectivity index (χ2v) is 8.93. The first-order chi connectivity index (χ1) is 16.3. The highest BCUT2D eigenvalue weighted by molar-refractivity contribution is 6.08. The number of benzene rings is 1. The second-order valence-electron chi connectivity index (χ2n) is 8.93. The largest absolute Gasteiger partial charge is 0.492 e. The standard InChI is InChI=1S/C24H27N5O4/c30-24(29-15-6-8-25-9-7-15)16-10-26-22-20(16)27-12-28-21(22)19-17(31-11-14-2-1-3-14)4-5-18-23(19)33-13-32-18/h4-5,10,12,14-15,25-26H,1-3,6-9,11,13H2,(H,29,30). The van der Waals surface area contributed by atoms with Crippen molar-refractivity contribution in [2.45, 2.75) is 38.1 Å². The summed E-state index contributed by atoms with van der Waals surface area (Å²) in [7, 11) is 0. The maximum absolute atomic E-state index is 13.0. The van der Waals surface area contributed by atoms with Crippen LogP contribution in [-0.2, 0) is 0 Å². The van der Waals surface area contributed by atoms with Crippen LogP contribution in [0.15, 0.2) is 24.7 Å². The third kappa shape index (κ3) is 3.76. The Morgan fingerprint density at radius 1 is 1.15 bits per heavy atom. The molecule has 0 spiro atoms. The summed E-state index contributed by atoms with van der Waals surface area (Å²) in [4.78, 5) is 25.3. The van der Waals surface area contributed by atoms with Gasteiger partial charge in [0.25, 0.3) is 5.91 Å². The number of amides is 1. The van der Waals surface area contributed by atoms with Gasteiger partial charge in [0.05, 0.1) is 23.3 Å². The summed E-state index contributed by atoms with van der Waals surface area (Å²) in [5.74, 6) is 2.42. The minimum atomic E-state index is -0.128. The second kappa shape index (κ2) is 8.55. The number of nitrogens with zero attached hydrogens (tertiary/aromatic N) is 2. The Morgan fingerprint density at radius 3 is 2.85 bits per heavy atom. The third-order valence-corrected chi connectivity index (χ3v) is 6.82. The molecule has 2 aromatic heterocycles. The van der Waals surface area contributed by atoms with Gasteiger partial charge in [0.1, 0.15) is 23.3 Å². The van der Waals surface area contributed by atoms with Crippen LogP contribution < -0.4 is 24.8 Å². The molecule has 2 aliphatic heterocycles. The normalized spacial score (nSPS) is 18.3. The lowest BCUT2D eigenvalue weighted by atomic mass is 9.86. The van der Waals surface area contributed by atoms with E-state index in [1.165, 1.54) is 25.6 Å². The zero-order valence-corrected chi connectivity index (χ0v) is 18.4. The molecule has 0 unspecified atom stereocenters. The molecule has 0 atom stereocenters. The molecule has 3 N–H and O–H groups in total. The molecule has 9 heteroatoms. The topological polar surface area (TPSA) is 110 Å². The number of aromatic nitrogens is 3. The summed E-state index contributed by atoms with van der Waals surface area (Å²) in [6.45, 7) is 2.64. The number of H-pyrrole nitrogens is 1. The molecule has 172 valence electrons. The number of carbonyl (C=O) groups is 1. The van der Waals surface area contributed by atoms with Crippen molar-refractivity contribution in [2.24, 2.45) is 5.92 Å². The predicted molar refractivity (Wildman–Crippen MR) is 122 cm³/mol. The molecule has 3 aromatic rings. The molecule has 1 saturated carbocycles. The Balaban J connectivity index is 1.37. The van der Waals surface area contributed by atoms with Crippen molar-refractivity contribution in [1.29, 1.82) is 0 Å². The molecule has 33 heavy (non-hydrogen) atoms. The summed E-state index contributed by atoms with van der Waals surface area (Å²) >= 11 is 0. The van der Waals surface area contributed by atoms with Crippen LogP contribution in [-0.4, -0.2) is 53.4 Å². The molecule has 4 heterocycles. The average Bonchev–Trinajstić information content (AvgIpc) is 3.45. The van der Waals surface area contributed by atoms with Crippen molar-refractivity contribution >= 4 is 16.9 Å². The van der Waals surface area contributed by atoms with Crippen molar-refractivity contribution in [3.63, 3.8) is 0 Å². The van der Waals surface area contributed by atoms with Crippen LogP contribution >= 0.6 is 0 Å². The Kier molecular flexibility index (Phi) is 5.26. The maximum atomic E-state index is 13.0. The number of aromatic amines is 1. The van der Waals surface area contributed by atoms with Crippen molar-refractivity contribution < 1.29 is 19.0 Å². The monoisotopic (exact) mass is 449 g/mol. The maximum Gasteiger partial charge on any atom is 0.255 e. The van der Waals surface area contributed by atoms with E-state index < -0.39 is 0 Å². The summed E-state index contributed by atoms with van der Waals surface area (Å²) in [6.07, 6.45) is 8.69. The molecular weight excluding hydrogens is 422 g/mol. The van der Waals surface area contributed by atoms with Crippen LogP contribution in [0.25, 0.3) is 22.3 Å². The number of carbonyl (C=O) groups excluding carboxylic acids is 1. The highest BCUT2D eigenvalue weighted by Crippen LogP contribution is 2.48. The van der Waals surface area contributed by atoms with Crippen molar-refractivity contribution in [3.8, 4) is 28.5 Å². The molecule has 1 aromatic carbocycles. The van der Waals surface area contributed by atoms with Crippen LogP contribution in [0.4, 0.5) is 0 Å². The minimum Gasteiger partial charge on any atom is -0.492 e. The Hall–Kier alpha value is -3.33. The quantitative estimate of drug-likeness (QED) is 0.531. The summed E-state index contributed by atoms with van der Waals surface area (Å²) in [5, 5.41) is 6.46. The molecular formula is C24H27N5O4. The minimum absolute atomic E-state index is 0.128. The van der Waals surface area contributed by atoms with Crippen molar-refractivity contribution in [1.82, 2.24) is 25.6 Å². The van der Waals surface area contributed by atoms with Gasteiger partial charge in [-0.15, -0.1) is 0 Å². The first kappa shape index (κ1) is 20.3. The first-order valence-corrected chi connectivity index (χ1v) is 11.7. The Bertz CT molecular complexity index is 1180. The van der Waals surface area contributed by atoms with Gasteiger partial charge in [0.2, 0.25) is 6.79 Å². The van der Waals surface area contributed by atoms with Crippen molar-refractivity contribution in [2.75, 3.05) is 26.5 Å². The van der Waals surface area contributed by atoms with E-state index in [9.17, 15) is 4.79 Å². The average molecular weight is 450 g/mol. The Morgan fingerprint density at radius 2 is 2.03 bits per heavy atom. The van der Waals surface area contributed by atoms with Gasteiger partial charge in [-0.3, -0.25) is 4.79 Å². The lowest BCUT2D eigenvalue weighted by Crippen LogP contribution is -2.42. The highest BCUT2D eigenvalue weighted by Gasteiger charge is 2.28. The first-order valence-electron chi connectivity index (χ1n) is 11.7. The van der Waals surface area contributed by atoms with Gasteiger partial charge in [-0.05, 0) is 56.8 Å². The van der Waals surface area contributed by atoms with E-state index in [0.29, 0.717) is 52.1 Å². The molecule has 1 amide bonds. The summed E-state index contributed by atoms with van der Waals surface area (Å²) in [6, 6.07) is 3.94. The van der Waals surface area contributed by atoms with Gasteiger partial charge in [0.15, 0.2) is 11.5 Å².